The van der Waals surface area contributed by atoms with Crippen LogP contribution in [0.1, 0.15) is 12.0 Å². The number of hydrogen-bond acceptors (Lipinski definition) is 7. The summed E-state index contributed by atoms with van der Waals surface area (Å²) in [5.41, 5.74) is 0.933. The Bertz CT molecular complexity index is 706. The van der Waals surface area contributed by atoms with E-state index in [-0.39, 0.29) is 16.9 Å². The van der Waals surface area contributed by atoms with E-state index in [0.29, 0.717) is 0 Å². The summed E-state index contributed by atoms with van der Waals surface area (Å²) in [6.07, 6.45) is -3.22. The van der Waals surface area contributed by atoms with Crippen LogP contribution in [0.25, 0.3) is 0 Å². The number of rotatable bonds is 4. The predicted octanol–water partition coefficient (Wildman–Crippen LogP) is 0.294. The molecular formula is C15H18O7S. The standard InChI is InChI=1S/C15H18O7S/c1-9-3-5-11(6-4-9)23(19,20)22-13-8-10(15(18)21-2)7-12(16)14(13)17/h3-7,12-14,16-17H,8H2,1-2H3/t12-,13-,14-/m1/s1. The molecular weight excluding hydrogens is 324 g/mol. The van der Waals surface area contributed by atoms with E-state index in [2.05, 4.69) is 4.74 Å². The molecule has 0 radical (unpaired) electrons. The fourth-order valence-corrected chi connectivity index (χ4v) is 3.31. The molecule has 1 aliphatic rings. The number of aliphatic hydroxyl groups excluding tert-OH is 2. The van der Waals surface area contributed by atoms with Crippen molar-refractivity contribution in [2.75, 3.05) is 7.11 Å². The molecule has 0 unspecified atom stereocenters. The van der Waals surface area contributed by atoms with Gasteiger partial charge >= 0.3 is 5.97 Å². The van der Waals surface area contributed by atoms with Gasteiger partial charge in [-0.3, -0.25) is 4.18 Å². The third-order valence-electron chi connectivity index (χ3n) is 3.53. The summed E-state index contributed by atoms with van der Waals surface area (Å²) in [6, 6.07) is 5.99. The Kier molecular flexibility index (Phi) is 5.20. The van der Waals surface area contributed by atoms with Gasteiger partial charge in [0.25, 0.3) is 10.1 Å². The van der Waals surface area contributed by atoms with E-state index in [4.69, 9.17) is 4.18 Å². The van der Waals surface area contributed by atoms with Crippen LogP contribution in [0.3, 0.4) is 0 Å². The van der Waals surface area contributed by atoms with E-state index in [1.807, 2.05) is 6.92 Å². The quantitative estimate of drug-likeness (QED) is 0.598. The minimum atomic E-state index is -4.14. The van der Waals surface area contributed by atoms with Crippen molar-refractivity contribution in [1.29, 1.82) is 0 Å². The maximum Gasteiger partial charge on any atom is 0.333 e. The molecule has 8 heteroatoms. The smallest absolute Gasteiger partial charge is 0.333 e. The predicted molar refractivity (Wildman–Crippen MR) is 80.0 cm³/mol. The fraction of sp³-hybridized carbons (Fsp3) is 0.400. The molecule has 7 nitrogen and oxygen atoms in total. The second kappa shape index (κ2) is 6.79. The Morgan fingerprint density at radius 1 is 1.22 bits per heavy atom. The summed E-state index contributed by atoms with van der Waals surface area (Å²) in [4.78, 5) is 11.5. The number of esters is 1. The molecule has 2 N–H and O–H groups in total. The van der Waals surface area contributed by atoms with Gasteiger partial charge in [-0.05, 0) is 25.1 Å². The van der Waals surface area contributed by atoms with Crippen molar-refractivity contribution in [3.8, 4) is 0 Å². The van der Waals surface area contributed by atoms with Crippen molar-refractivity contribution in [2.24, 2.45) is 0 Å². The Morgan fingerprint density at radius 3 is 2.39 bits per heavy atom. The lowest BCUT2D eigenvalue weighted by Crippen LogP contribution is -2.43. The van der Waals surface area contributed by atoms with E-state index >= 15 is 0 Å². The molecule has 3 atom stereocenters. The van der Waals surface area contributed by atoms with Crippen molar-refractivity contribution < 1.29 is 32.3 Å². The second-order valence-electron chi connectivity index (χ2n) is 5.27. The van der Waals surface area contributed by atoms with Crippen LogP contribution >= 0.6 is 0 Å². The van der Waals surface area contributed by atoms with Gasteiger partial charge in [-0.1, -0.05) is 17.7 Å². The number of carbonyl (C=O) groups excluding carboxylic acids is 1. The average molecular weight is 342 g/mol. The number of benzene rings is 1. The zero-order valence-electron chi connectivity index (χ0n) is 12.7. The zero-order valence-corrected chi connectivity index (χ0v) is 13.5. The van der Waals surface area contributed by atoms with E-state index in [1.54, 1.807) is 12.1 Å². The Balaban J connectivity index is 2.23. The Hall–Kier alpha value is -1.74. The molecule has 1 aromatic carbocycles. The van der Waals surface area contributed by atoms with Crippen molar-refractivity contribution >= 4 is 16.1 Å². The monoisotopic (exact) mass is 342 g/mol. The molecule has 0 saturated heterocycles. The number of aryl methyl sites for hydroxylation is 1. The van der Waals surface area contributed by atoms with Crippen LogP contribution in [0.15, 0.2) is 40.8 Å². The van der Waals surface area contributed by atoms with E-state index in [0.717, 1.165) is 11.6 Å². The van der Waals surface area contributed by atoms with Crippen LogP contribution in [0.5, 0.6) is 0 Å². The number of ether oxygens (including phenoxy) is 1. The molecule has 0 spiro atoms. The van der Waals surface area contributed by atoms with Crippen LogP contribution in [0, 0.1) is 6.92 Å². The molecule has 2 rings (SSSR count). The first-order valence-corrected chi connectivity index (χ1v) is 8.30. The average Bonchev–Trinajstić information content (AvgIpc) is 2.51. The van der Waals surface area contributed by atoms with Gasteiger partial charge < -0.3 is 14.9 Å². The number of aliphatic hydroxyl groups is 2. The van der Waals surface area contributed by atoms with Gasteiger partial charge in [0.1, 0.15) is 18.3 Å². The highest BCUT2D eigenvalue weighted by atomic mass is 32.2. The lowest BCUT2D eigenvalue weighted by Gasteiger charge is -2.29. The maximum atomic E-state index is 12.3. The van der Waals surface area contributed by atoms with Crippen molar-refractivity contribution in [1.82, 2.24) is 0 Å². The first-order valence-electron chi connectivity index (χ1n) is 6.89. The third-order valence-corrected chi connectivity index (χ3v) is 4.88. The summed E-state index contributed by atoms with van der Waals surface area (Å²) in [5, 5.41) is 19.7. The van der Waals surface area contributed by atoms with Crippen molar-refractivity contribution in [3.05, 3.63) is 41.5 Å². The molecule has 0 amide bonds. The van der Waals surface area contributed by atoms with E-state index < -0.39 is 34.4 Å². The van der Waals surface area contributed by atoms with Crippen LogP contribution in [0.2, 0.25) is 0 Å². The number of carbonyl (C=O) groups is 1. The lowest BCUT2D eigenvalue weighted by molar-refractivity contribution is -0.137. The SMILES string of the molecule is COC(=O)C1=C[C@@H](O)[C@@H](O)[C@H](OS(=O)(=O)c2ccc(C)cc2)C1. The number of methoxy groups -OCH3 is 1. The highest BCUT2D eigenvalue weighted by Crippen LogP contribution is 2.26. The van der Waals surface area contributed by atoms with Crippen molar-refractivity contribution in [3.63, 3.8) is 0 Å². The van der Waals surface area contributed by atoms with E-state index in [1.165, 1.54) is 19.2 Å². The largest absolute Gasteiger partial charge is 0.466 e. The van der Waals surface area contributed by atoms with Crippen molar-refractivity contribution in [2.45, 2.75) is 36.6 Å². The summed E-state index contributed by atoms with van der Waals surface area (Å²) in [7, 11) is -2.97. The van der Waals surface area contributed by atoms with Crippen LogP contribution in [-0.4, -0.2) is 50.0 Å². The van der Waals surface area contributed by atoms with Crippen LogP contribution < -0.4 is 0 Å². The van der Waals surface area contributed by atoms with Crippen LogP contribution in [-0.2, 0) is 23.8 Å². The summed E-state index contributed by atoms with van der Waals surface area (Å²) >= 11 is 0. The van der Waals surface area contributed by atoms with Gasteiger partial charge in [-0.15, -0.1) is 0 Å². The topological polar surface area (TPSA) is 110 Å². The Morgan fingerprint density at radius 2 is 1.83 bits per heavy atom. The molecule has 0 bridgehead atoms. The zero-order chi connectivity index (χ0) is 17.2. The summed E-state index contributed by atoms with van der Waals surface area (Å²) < 4.78 is 34.1. The van der Waals surface area contributed by atoms with Gasteiger partial charge in [0.15, 0.2) is 0 Å². The normalized spacial score (nSPS) is 24.9. The minimum Gasteiger partial charge on any atom is -0.466 e. The molecule has 23 heavy (non-hydrogen) atoms. The molecule has 0 saturated carbocycles. The highest BCUT2D eigenvalue weighted by molar-refractivity contribution is 7.86. The fourth-order valence-electron chi connectivity index (χ4n) is 2.23. The maximum absolute atomic E-state index is 12.3. The molecule has 1 aliphatic carbocycles. The molecule has 0 fully saturated rings. The first-order chi connectivity index (χ1) is 10.7. The minimum absolute atomic E-state index is 0.0504. The van der Waals surface area contributed by atoms with E-state index in [9.17, 15) is 23.4 Å². The third kappa shape index (κ3) is 3.97. The first kappa shape index (κ1) is 17.6. The van der Waals surface area contributed by atoms with Gasteiger partial charge in [0.2, 0.25) is 0 Å². The van der Waals surface area contributed by atoms with Gasteiger partial charge in [-0.25, -0.2) is 4.79 Å². The molecule has 126 valence electrons. The van der Waals surface area contributed by atoms with Gasteiger partial charge in [0, 0.05) is 12.0 Å². The molecule has 0 aliphatic heterocycles. The molecule has 0 aromatic heterocycles. The number of hydrogen-bond donors (Lipinski definition) is 2. The second-order valence-corrected chi connectivity index (χ2v) is 6.84. The lowest BCUT2D eigenvalue weighted by atomic mass is 9.92. The summed E-state index contributed by atoms with van der Waals surface area (Å²) in [6.45, 7) is 1.81. The summed E-state index contributed by atoms with van der Waals surface area (Å²) in [5.74, 6) is -0.711. The molecule has 1 aromatic rings. The van der Waals surface area contributed by atoms with Gasteiger partial charge in [0.05, 0.1) is 12.0 Å². The molecule has 0 heterocycles. The van der Waals surface area contributed by atoms with Crippen LogP contribution in [0.4, 0.5) is 0 Å². The van der Waals surface area contributed by atoms with Gasteiger partial charge in [-0.2, -0.15) is 8.42 Å². The Labute approximate surface area is 134 Å². The highest BCUT2D eigenvalue weighted by Gasteiger charge is 2.37.